The van der Waals surface area contributed by atoms with E-state index >= 15 is 0 Å². The van der Waals surface area contributed by atoms with E-state index in [1.54, 1.807) is 0 Å². The number of piperazine rings is 1. The quantitative estimate of drug-likeness (QED) is 0.242. The predicted octanol–water partition coefficient (Wildman–Crippen LogP) is 6.77. The molecular weight excluding hydrogens is 416 g/mol. The van der Waals surface area contributed by atoms with Crippen LogP contribution in [-0.2, 0) is 4.79 Å². The Balaban J connectivity index is 2.69. The van der Waals surface area contributed by atoms with Crippen LogP contribution in [0, 0.1) is 23.7 Å². The Kier molecular flexibility index (Phi) is 11.1. The van der Waals surface area contributed by atoms with Crippen molar-refractivity contribution in [2.45, 2.75) is 73.6 Å². The number of allylic oxidation sites excluding steroid dienone is 3. The molecule has 1 heterocycles. The molecule has 3 nitrogen and oxygen atoms in total. The van der Waals surface area contributed by atoms with Gasteiger partial charge in [0.25, 0.3) is 5.91 Å². The highest BCUT2D eigenvalue weighted by molar-refractivity contribution is 5.96. The summed E-state index contributed by atoms with van der Waals surface area (Å²) in [5, 5.41) is 0. The van der Waals surface area contributed by atoms with Crippen molar-refractivity contribution in [3.8, 4) is 11.8 Å². The van der Waals surface area contributed by atoms with Crippen LogP contribution in [0.15, 0.2) is 41.5 Å². The number of carbonyl (C=O) groups is 1. The molecule has 1 unspecified atom stereocenters. The first-order valence-corrected chi connectivity index (χ1v) is 13.2. The topological polar surface area (TPSA) is 23.6 Å². The third-order valence-corrected chi connectivity index (χ3v) is 6.60. The average molecular weight is 463 g/mol. The lowest BCUT2D eigenvalue weighted by atomic mass is 9.85. The minimum Gasteiger partial charge on any atom is -0.336 e. The van der Waals surface area contributed by atoms with Gasteiger partial charge in [0, 0.05) is 38.2 Å². The molecule has 0 saturated carbocycles. The lowest BCUT2D eigenvalue weighted by Gasteiger charge is -2.34. The zero-order chi connectivity index (χ0) is 25.3. The second-order valence-corrected chi connectivity index (χ2v) is 10.3. The monoisotopic (exact) mass is 462 g/mol. The van der Waals surface area contributed by atoms with E-state index in [1.165, 1.54) is 16.7 Å². The summed E-state index contributed by atoms with van der Waals surface area (Å²) in [6.45, 7) is 18.8. The van der Waals surface area contributed by atoms with Gasteiger partial charge >= 0.3 is 0 Å². The van der Waals surface area contributed by atoms with E-state index in [1.807, 2.05) is 0 Å². The third-order valence-electron chi connectivity index (χ3n) is 6.60. The van der Waals surface area contributed by atoms with E-state index in [9.17, 15) is 4.79 Å². The van der Waals surface area contributed by atoms with Gasteiger partial charge in [-0.2, -0.15) is 0 Å². The SMILES string of the molecule is CCC#CC(CC)/C(C(=O)N1CCN(C)CC1)=C(\C=C(/C)c1ccccc1C(C)C)CC(C)C. The van der Waals surface area contributed by atoms with E-state index in [0.717, 1.165) is 56.6 Å². The Labute approximate surface area is 209 Å². The summed E-state index contributed by atoms with van der Waals surface area (Å²) >= 11 is 0. The van der Waals surface area contributed by atoms with Crippen LogP contribution >= 0.6 is 0 Å². The van der Waals surface area contributed by atoms with Crippen LogP contribution in [0.5, 0.6) is 0 Å². The predicted molar refractivity (Wildman–Crippen MR) is 147 cm³/mol. The molecule has 34 heavy (non-hydrogen) atoms. The Morgan fingerprint density at radius 1 is 1.06 bits per heavy atom. The minimum atomic E-state index is -0.0368. The number of benzene rings is 1. The van der Waals surface area contributed by atoms with Gasteiger partial charge in [-0.3, -0.25) is 4.79 Å². The van der Waals surface area contributed by atoms with Crippen LogP contribution in [0.25, 0.3) is 5.57 Å². The molecule has 1 atom stereocenters. The zero-order valence-electron chi connectivity index (χ0n) is 22.9. The van der Waals surface area contributed by atoms with Gasteiger partial charge in [-0.05, 0) is 60.9 Å². The second kappa shape index (κ2) is 13.5. The number of likely N-dealkylation sites (N-methyl/N-ethyl adjacent to an activating group) is 1. The first kappa shape index (κ1) is 27.9. The van der Waals surface area contributed by atoms with Gasteiger partial charge in [0.15, 0.2) is 0 Å². The van der Waals surface area contributed by atoms with Crippen molar-refractivity contribution in [1.29, 1.82) is 0 Å². The van der Waals surface area contributed by atoms with Crippen molar-refractivity contribution in [2.24, 2.45) is 11.8 Å². The van der Waals surface area contributed by atoms with Crippen LogP contribution in [0.3, 0.4) is 0 Å². The normalized spacial score (nSPS) is 16.9. The molecule has 0 aliphatic carbocycles. The standard InChI is InChI=1S/C31H46N2O/c1-9-11-14-26(10-2)30(31(34)33-19-17-32(8)18-20-33)27(21-23(3)4)22-25(7)29-16-13-12-15-28(29)24(5)6/h12-13,15-16,22-24,26H,9-10,17-21H2,1-8H3/b25-22+,30-27+. The van der Waals surface area contributed by atoms with E-state index in [2.05, 4.69) is 107 Å². The van der Waals surface area contributed by atoms with Crippen molar-refractivity contribution in [1.82, 2.24) is 9.80 Å². The fraction of sp³-hybridized carbons (Fsp3) is 0.581. The summed E-state index contributed by atoms with van der Waals surface area (Å²) in [4.78, 5) is 18.4. The first-order chi connectivity index (χ1) is 16.2. The average Bonchev–Trinajstić information content (AvgIpc) is 2.81. The highest BCUT2D eigenvalue weighted by Gasteiger charge is 2.28. The van der Waals surface area contributed by atoms with E-state index in [0.29, 0.717) is 11.8 Å². The molecular formula is C31H46N2O. The Morgan fingerprint density at radius 3 is 2.26 bits per heavy atom. The van der Waals surface area contributed by atoms with E-state index in [4.69, 9.17) is 0 Å². The highest BCUT2D eigenvalue weighted by Crippen LogP contribution is 2.31. The summed E-state index contributed by atoms with van der Waals surface area (Å²) in [6.07, 6.45) is 4.82. The fourth-order valence-corrected chi connectivity index (χ4v) is 4.68. The fourth-order valence-electron chi connectivity index (χ4n) is 4.68. The molecule has 2 rings (SSSR count). The lowest BCUT2D eigenvalue weighted by molar-refractivity contribution is -0.129. The van der Waals surface area contributed by atoms with Gasteiger partial charge in [0.2, 0.25) is 0 Å². The molecule has 1 aliphatic rings. The van der Waals surface area contributed by atoms with E-state index < -0.39 is 0 Å². The molecule has 0 N–H and O–H groups in total. The molecule has 186 valence electrons. The zero-order valence-corrected chi connectivity index (χ0v) is 22.9. The first-order valence-electron chi connectivity index (χ1n) is 13.2. The van der Waals surface area contributed by atoms with Gasteiger partial charge in [-0.1, -0.05) is 77.8 Å². The second-order valence-electron chi connectivity index (χ2n) is 10.3. The number of rotatable bonds is 8. The van der Waals surface area contributed by atoms with Gasteiger partial charge < -0.3 is 9.80 Å². The Hall–Kier alpha value is -2.31. The van der Waals surface area contributed by atoms with Crippen molar-refractivity contribution in [3.05, 3.63) is 52.6 Å². The van der Waals surface area contributed by atoms with Crippen LogP contribution in [0.1, 0.15) is 84.8 Å². The highest BCUT2D eigenvalue weighted by atomic mass is 16.2. The molecule has 1 aliphatic heterocycles. The van der Waals surface area contributed by atoms with Crippen molar-refractivity contribution in [3.63, 3.8) is 0 Å². The molecule has 1 aromatic carbocycles. The molecule has 0 radical (unpaired) electrons. The Morgan fingerprint density at radius 2 is 1.71 bits per heavy atom. The molecule has 0 spiro atoms. The Bertz CT molecular complexity index is 934. The largest absolute Gasteiger partial charge is 0.336 e. The summed E-state index contributed by atoms with van der Waals surface area (Å²) in [5.41, 5.74) is 5.93. The van der Waals surface area contributed by atoms with Crippen LogP contribution in [0.2, 0.25) is 0 Å². The van der Waals surface area contributed by atoms with Crippen molar-refractivity contribution >= 4 is 11.5 Å². The summed E-state index contributed by atoms with van der Waals surface area (Å²) in [6, 6.07) is 8.67. The van der Waals surface area contributed by atoms with Crippen LogP contribution < -0.4 is 0 Å². The van der Waals surface area contributed by atoms with E-state index in [-0.39, 0.29) is 11.8 Å². The van der Waals surface area contributed by atoms with Gasteiger partial charge in [-0.15, -0.1) is 5.92 Å². The molecule has 0 aromatic heterocycles. The number of carbonyl (C=O) groups excluding carboxylic acids is 1. The molecule has 1 fully saturated rings. The lowest BCUT2D eigenvalue weighted by Crippen LogP contribution is -2.48. The number of hydrogen-bond acceptors (Lipinski definition) is 2. The smallest absolute Gasteiger partial charge is 0.251 e. The molecule has 3 heteroatoms. The molecule has 1 aromatic rings. The molecule has 0 bridgehead atoms. The maximum Gasteiger partial charge on any atom is 0.251 e. The van der Waals surface area contributed by atoms with Crippen LogP contribution in [0.4, 0.5) is 0 Å². The molecule has 1 amide bonds. The maximum absolute atomic E-state index is 14.0. The van der Waals surface area contributed by atoms with Gasteiger partial charge in [0.05, 0.1) is 5.92 Å². The third kappa shape index (κ3) is 7.60. The maximum atomic E-state index is 14.0. The van der Waals surface area contributed by atoms with Crippen molar-refractivity contribution < 1.29 is 4.79 Å². The summed E-state index contributed by atoms with van der Waals surface area (Å²) < 4.78 is 0. The summed E-state index contributed by atoms with van der Waals surface area (Å²) in [5.74, 6) is 7.77. The molecule has 1 saturated heterocycles. The number of hydrogen-bond donors (Lipinski definition) is 0. The summed E-state index contributed by atoms with van der Waals surface area (Å²) in [7, 11) is 2.13. The van der Waals surface area contributed by atoms with Gasteiger partial charge in [-0.25, -0.2) is 0 Å². The van der Waals surface area contributed by atoms with Gasteiger partial charge in [0.1, 0.15) is 0 Å². The van der Waals surface area contributed by atoms with Crippen molar-refractivity contribution in [2.75, 3.05) is 33.2 Å². The minimum absolute atomic E-state index is 0.0368. The van der Waals surface area contributed by atoms with Crippen LogP contribution in [-0.4, -0.2) is 48.9 Å². The number of nitrogens with zero attached hydrogens (tertiary/aromatic N) is 2. The number of amides is 1.